The molecule has 5 heteroatoms. The molecule has 0 unspecified atom stereocenters. The molecule has 1 aliphatic heterocycles. The molecule has 1 saturated heterocycles. The Morgan fingerprint density at radius 2 is 2.54 bits per heavy atom. The average molecular weight is 183 g/mol. The molecule has 0 amide bonds. The average Bonchev–Trinajstić information content (AvgIpc) is 2.64. The second kappa shape index (κ2) is 3.35. The number of aryl methyl sites for hydroxylation is 1. The molecule has 5 nitrogen and oxygen atoms in total. The summed E-state index contributed by atoms with van der Waals surface area (Å²) in [5, 5.41) is 3.99. The lowest BCUT2D eigenvalue weighted by atomic mass is 10.2. The summed E-state index contributed by atoms with van der Waals surface area (Å²) in [7, 11) is 1.85. The van der Waals surface area contributed by atoms with Gasteiger partial charge in [0.25, 0.3) is 0 Å². The lowest BCUT2D eigenvalue weighted by Gasteiger charge is -2.13. The van der Waals surface area contributed by atoms with E-state index in [0.717, 1.165) is 5.75 Å². The van der Waals surface area contributed by atoms with E-state index in [9.17, 15) is 0 Å². The quantitative estimate of drug-likeness (QED) is 0.673. The fraction of sp³-hybridized carbons (Fsp3) is 0.625. The first-order valence-electron chi connectivity index (χ1n) is 4.24. The molecule has 0 saturated carbocycles. The lowest BCUT2D eigenvalue weighted by molar-refractivity contribution is 0.140. The molecule has 2 atom stereocenters. The van der Waals surface area contributed by atoms with Crippen LogP contribution in [0.25, 0.3) is 0 Å². The zero-order valence-corrected chi connectivity index (χ0v) is 7.51. The molecule has 1 aromatic rings. The molecule has 2 N–H and O–H groups in total. The minimum Gasteiger partial charge on any atom is -0.483 e. The SMILES string of the molecule is Cn1cc(O[C@@H]2COC[C@@H]2N)cn1. The number of aromatic nitrogens is 2. The summed E-state index contributed by atoms with van der Waals surface area (Å²) < 4.78 is 12.4. The highest BCUT2D eigenvalue weighted by Gasteiger charge is 2.26. The number of nitrogens with zero attached hydrogens (tertiary/aromatic N) is 2. The first-order valence-corrected chi connectivity index (χ1v) is 4.24. The summed E-state index contributed by atoms with van der Waals surface area (Å²) in [4.78, 5) is 0. The molecular formula is C8H13N3O2. The Morgan fingerprint density at radius 1 is 1.69 bits per heavy atom. The molecule has 1 aliphatic rings. The maximum Gasteiger partial charge on any atom is 0.157 e. The summed E-state index contributed by atoms with van der Waals surface area (Å²) in [6, 6.07) is -0.0276. The molecule has 72 valence electrons. The van der Waals surface area contributed by atoms with E-state index >= 15 is 0 Å². The van der Waals surface area contributed by atoms with E-state index in [1.165, 1.54) is 0 Å². The van der Waals surface area contributed by atoms with Gasteiger partial charge in [-0.25, -0.2) is 0 Å². The van der Waals surface area contributed by atoms with Crippen LogP contribution in [0.3, 0.4) is 0 Å². The summed E-state index contributed by atoms with van der Waals surface area (Å²) in [6.07, 6.45) is 3.44. The van der Waals surface area contributed by atoms with Gasteiger partial charge in [0.2, 0.25) is 0 Å². The van der Waals surface area contributed by atoms with Crippen LogP contribution >= 0.6 is 0 Å². The highest BCUT2D eigenvalue weighted by Crippen LogP contribution is 2.14. The molecule has 0 aliphatic carbocycles. The monoisotopic (exact) mass is 183 g/mol. The maximum absolute atomic E-state index is 5.76. The molecule has 1 fully saturated rings. The van der Waals surface area contributed by atoms with E-state index in [1.807, 2.05) is 13.2 Å². The molecule has 0 bridgehead atoms. The van der Waals surface area contributed by atoms with Crippen molar-refractivity contribution in [1.29, 1.82) is 0 Å². The van der Waals surface area contributed by atoms with Gasteiger partial charge in [-0.05, 0) is 0 Å². The van der Waals surface area contributed by atoms with Crippen LogP contribution in [0.15, 0.2) is 12.4 Å². The second-order valence-corrected chi connectivity index (χ2v) is 3.21. The van der Waals surface area contributed by atoms with Gasteiger partial charge in [-0.1, -0.05) is 0 Å². The van der Waals surface area contributed by atoms with Crippen LogP contribution in [0.1, 0.15) is 0 Å². The van der Waals surface area contributed by atoms with Gasteiger partial charge in [-0.3, -0.25) is 4.68 Å². The Bertz CT molecular complexity index is 287. The normalized spacial score (nSPS) is 27.8. The zero-order valence-electron chi connectivity index (χ0n) is 7.51. The van der Waals surface area contributed by atoms with E-state index in [4.69, 9.17) is 15.2 Å². The van der Waals surface area contributed by atoms with E-state index in [-0.39, 0.29) is 12.1 Å². The number of ether oxygens (including phenoxy) is 2. The van der Waals surface area contributed by atoms with E-state index in [2.05, 4.69) is 5.10 Å². The molecule has 13 heavy (non-hydrogen) atoms. The Kier molecular flexibility index (Phi) is 2.20. The third-order valence-corrected chi connectivity index (χ3v) is 2.04. The molecule has 2 rings (SSSR count). The molecular weight excluding hydrogens is 170 g/mol. The van der Waals surface area contributed by atoms with Crippen LogP contribution in [0.5, 0.6) is 5.75 Å². The number of nitrogens with two attached hydrogens (primary N) is 1. The summed E-state index contributed by atoms with van der Waals surface area (Å²) >= 11 is 0. The van der Waals surface area contributed by atoms with Crippen molar-refractivity contribution in [3.63, 3.8) is 0 Å². The minimum atomic E-state index is -0.0378. The molecule has 1 aromatic heterocycles. The third-order valence-electron chi connectivity index (χ3n) is 2.04. The van der Waals surface area contributed by atoms with Crippen LogP contribution in [-0.4, -0.2) is 35.1 Å². The van der Waals surface area contributed by atoms with Crippen molar-refractivity contribution in [1.82, 2.24) is 9.78 Å². The van der Waals surface area contributed by atoms with Crippen LogP contribution in [0.4, 0.5) is 0 Å². The molecule has 2 heterocycles. The largest absolute Gasteiger partial charge is 0.483 e. The van der Waals surface area contributed by atoms with Gasteiger partial charge in [0, 0.05) is 7.05 Å². The van der Waals surface area contributed by atoms with Crippen molar-refractivity contribution in [3.8, 4) is 5.75 Å². The van der Waals surface area contributed by atoms with Crippen molar-refractivity contribution in [2.75, 3.05) is 13.2 Å². The van der Waals surface area contributed by atoms with Gasteiger partial charge in [-0.15, -0.1) is 0 Å². The van der Waals surface area contributed by atoms with Crippen molar-refractivity contribution in [2.24, 2.45) is 12.8 Å². The summed E-state index contributed by atoms with van der Waals surface area (Å²) in [5.74, 6) is 0.744. The Balaban J connectivity index is 1.97. The fourth-order valence-electron chi connectivity index (χ4n) is 1.31. The lowest BCUT2D eigenvalue weighted by Crippen LogP contribution is -2.37. The third kappa shape index (κ3) is 1.81. The van der Waals surface area contributed by atoms with E-state index in [1.54, 1.807) is 10.9 Å². The Hall–Kier alpha value is -1.07. The fourth-order valence-corrected chi connectivity index (χ4v) is 1.31. The molecule has 0 aromatic carbocycles. The van der Waals surface area contributed by atoms with Crippen molar-refractivity contribution in [3.05, 3.63) is 12.4 Å². The topological polar surface area (TPSA) is 62.3 Å². The van der Waals surface area contributed by atoms with Gasteiger partial charge < -0.3 is 15.2 Å². The summed E-state index contributed by atoms with van der Waals surface area (Å²) in [6.45, 7) is 1.14. The molecule has 0 radical (unpaired) electrons. The smallest absolute Gasteiger partial charge is 0.157 e. The summed E-state index contributed by atoms with van der Waals surface area (Å²) in [5.41, 5.74) is 5.76. The highest BCUT2D eigenvalue weighted by molar-refractivity contribution is 5.12. The highest BCUT2D eigenvalue weighted by atomic mass is 16.5. The Labute approximate surface area is 76.4 Å². The van der Waals surface area contributed by atoms with Crippen LogP contribution in [0, 0.1) is 0 Å². The van der Waals surface area contributed by atoms with Crippen molar-refractivity contribution < 1.29 is 9.47 Å². The number of hydrogen-bond acceptors (Lipinski definition) is 4. The minimum absolute atomic E-state index is 0.0276. The van der Waals surface area contributed by atoms with Gasteiger partial charge >= 0.3 is 0 Å². The first kappa shape index (κ1) is 8.52. The van der Waals surface area contributed by atoms with Gasteiger partial charge in [0.05, 0.1) is 31.6 Å². The Morgan fingerprint density at radius 3 is 3.08 bits per heavy atom. The number of hydrogen-bond donors (Lipinski definition) is 1. The van der Waals surface area contributed by atoms with E-state index in [0.29, 0.717) is 13.2 Å². The zero-order chi connectivity index (χ0) is 9.26. The predicted octanol–water partition coefficient (Wildman–Crippen LogP) is -0.475. The molecule has 0 spiro atoms. The predicted molar refractivity (Wildman–Crippen MR) is 46.4 cm³/mol. The van der Waals surface area contributed by atoms with Crippen LogP contribution in [0.2, 0.25) is 0 Å². The van der Waals surface area contributed by atoms with Gasteiger partial charge in [-0.2, -0.15) is 5.10 Å². The second-order valence-electron chi connectivity index (χ2n) is 3.21. The van der Waals surface area contributed by atoms with Crippen molar-refractivity contribution >= 4 is 0 Å². The first-order chi connectivity index (χ1) is 6.25. The van der Waals surface area contributed by atoms with Crippen molar-refractivity contribution in [2.45, 2.75) is 12.1 Å². The van der Waals surface area contributed by atoms with Crippen LogP contribution in [-0.2, 0) is 11.8 Å². The van der Waals surface area contributed by atoms with Gasteiger partial charge in [0.1, 0.15) is 6.10 Å². The van der Waals surface area contributed by atoms with Crippen LogP contribution < -0.4 is 10.5 Å². The van der Waals surface area contributed by atoms with Gasteiger partial charge in [0.15, 0.2) is 5.75 Å². The maximum atomic E-state index is 5.76. The van der Waals surface area contributed by atoms with E-state index < -0.39 is 0 Å². The number of rotatable bonds is 2. The standard InChI is InChI=1S/C8H13N3O2/c1-11-3-6(2-10-11)13-8-5-12-4-7(8)9/h2-3,7-8H,4-5,9H2,1H3/t7-,8+/m0/s1.